The first-order chi connectivity index (χ1) is 10.9. The minimum absolute atomic E-state index is 0.267. The van der Waals surface area contributed by atoms with Gasteiger partial charge in [-0.1, -0.05) is 18.2 Å². The number of anilines is 2. The quantitative estimate of drug-likeness (QED) is 0.831. The van der Waals surface area contributed by atoms with E-state index in [2.05, 4.69) is 5.32 Å². The van der Waals surface area contributed by atoms with Gasteiger partial charge in [0, 0.05) is 5.69 Å². The first-order valence-corrected chi connectivity index (χ1v) is 7.39. The number of ether oxygens (including phenoxy) is 2. The Labute approximate surface area is 136 Å². The number of rotatable bonds is 5. The Kier molecular flexibility index (Phi) is 5.11. The Morgan fingerprint density at radius 1 is 1.17 bits per heavy atom. The lowest BCUT2D eigenvalue weighted by atomic mass is 10.1. The fourth-order valence-electron chi connectivity index (χ4n) is 2.27. The molecule has 1 amide bonds. The van der Waals surface area contributed by atoms with Gasteiger partial charge in [0.2, 0.25) is 0 Å². The second-order valence-corrected chi connectivity index (χ2v) is 5.43. The summed E-state index contributed by atoms with van der Waals surface area (Å²) in [5.41, 5.74) is 8.81. The zero-order chi connectivity index (χ0) is 17.0. The third kappa shape index (κ3) is 3.94. The first kappa shape index (κ1) is 16.7. The molecule has 0 aliphatic carbocycles. The van der Waals surface area contributed by atoms with Crippen molar-refractivity contribution < 1.29 is 14.3 Å². The Hall–Kier alpha value is -2.69. The fourth-order valence-corrected chi connectivity index (χ4v) is 2.27. The van der Waals surface area contributed by atoms with Crippen LogP contribution in [0.15, 0.2) is 36.4 Å². The molecule has 5 heteroatoms. The number of para-hydroxylation sites is 1. The van der Waals surface area contributed by atoms with E-state index >= 15 is 0 Å². The third-order valence-corrected chi connectivity index (χ3v) is 3.55. The number of nitrogen functional groups attached to an aromatic ring is 1. The van der Waals surface area contributed by atoms with E-state index < -0.39 is 6.10 Å². The first-order valence-electron chi connectivity index (χ1n) is 7.39. The molecule has 1 atom stereocenters. The topological polar surface area (TPSA) is 73.6 Å². The number of hydrogen-bond donors (Lipinski definition) is 2. The Bertz CT molecular complexity index is 693. The molecule has 0 saturated heterocycles. The number of nitrogens with one attached hydrogen (secondary N) is 1. The van der Waals surface area contributed by atoms with Crippen molar-refractivity contribution >= 4 is 17.3 Å². The number of hydrogen-bond acceptors (Lipinski definition) is 4. The number of nitrogens with two attached hydrogens (primary N) is 1. The van der Waals surface area contributed by atoms with E-state index in [1.807, 2.05) is 32.0 Å². The number of amides is 1. The largest absolute Gasteiger partial charge is 0.495 e. The summed E-state index contributed by atoms with van der Waals surface area (Å²) < 4.78 is 11.1. The number of methoxy groups -OCH3 is 1. The van der Waals surface area contributed by atoms with Crippen LogP contribution < -0.4 is 20.5 Å². The number of carbonyl (C=O) groups is 1. The van der Waals surface area contributed by atoms with Crippen molar-refractivity contribution in [1.82, 2.24) is 0 Å². The molecule has 0 heterocycles. The Balaban J connectivity index is 2.13. The van der Waals surface area contributed by atoms with Gasteiger partial charge >= 0.3 is 0 Å². The van der Waals surface area contributed by atoms with Gasteiger partial charge in [0.25, 0.3) is 5.91 Å². The van der Waals surface area contributed by atoms with Gasteiger partial charge in [0.15, 0.2) is 6.10 Å². The summed E-state index contributed by atoms with van der Waals surface area (Å²) in [7, 11) is 1.54. The second-order valence-electron chi connectivity index (χ2n) is 5.43. The monoisotopic (exact) mass is 314 g/mol. The van der Waals surface area contributed by atoms with Gasteiger partial charge < -0.3 is 20.5 Å². The average Bonchev–Trinajstić information content (AvgIpc) is 2.51. The van der Waals surface area contributed by atoms with Gasteiger partial charge in [-0.15, -0.1) is 0 Å². The summed E-state index contributed by atoms with van der Waals surface area (Å²) in [5.74, 6) is 1.01. The van der Waals surface area contributed by atoms with Crippen LogP contribution in [0, 0.1) is 13.8 Å². The highest BCUT2D eigenvalue weighted by molar-refractivity contribution is 5.96. The summed E-state index contributed by atoms with van der Waals surface area (Å²) in [6.45, 7) is 5.61. The zero-order valence-corrected chi connectivity index (χ0v) is 13.8. The normalized spacial score (nSPS) is 11.7. The van der Waals surface area contributed by atoms with Crippen LogP contribution in [0.4, 0.5) is 11.4 Å². The standard InChI is InChI=1S/C18H22N2O3/c1-11-6-5-7-12(2)17(11)23-13(3)18(21)20-15-10-14(19)8-9-16(15)22-4/h5-10,13H,19H2,1-4H3,(H,20,21)/t13-/m0/s1. The van der Waals surface area contributed by atoms with Gasteiger partial charge in [-0.25, -0.2) is 0 Å². The number of aryl methyl sites for hydroxylation is 2. The molecule has 0 saturated carbocycles. The summed E-state index contributed by atoms with van der Waals surface area (Å²) >= 11 is 0. The van der Waals surface area contributed by atoms with Crippen molar-refractivity contribution in [2.24, 2.45) is 0 Å². The van der Waals surface area contributed by atoms with E-state index in [-0.39, 0.29) is 5.91 Å². The molecule has 122 valence electrons. The molecule has 0 unspecified atom stereocenters. The van der Waals surface area contributed by atoms with Crippen LogP contribution in [0.2, 0.25) is 0 Å². The molecule has 2 aromatic rings. The molecular weight excluding hydrogens is 292 g/mol. The smallest absolute Gasteiger partial charge is 0.265 e. The van der Waals surface area contributed by atoms with Gasteiger partial charge in [0.05, 0.1) is 12.8 Å². The Morgan fingerprint density at radius 3 is 2.43 bits per heavy atom. The number of benzene rings is 2. The molecule has 0 fully saturated rings. The molecule has 23 heavy (non-hydrogen) atoms. The zero-order valence-electron chi connectivity index (χ0n) is 13.8. The summed E-state index contributed by atoms with van der Waals surface area (Å²) in [6.07, 6.45) is -0.652. The van der Waals surface area contributed by atoms with Crippen molar-refractivity contribution in [2.75, 3.05) is 18.2 Å². The van der Waals surface area contributed by atoms with Gasteiger partial charge in [0.1, 0.15) is 11.5 Å². The molecule has 3 N–H and O–H groups in total. The Morgan fingerprint density at radius 2 is 1.83 bits per heavy atom. The van der Waals surface area contributed by atoms with Crippen LogP contribution in [-0.2, 0) is 4.79 Å². The van der Waals surface area contributed by atoms with Gasteiger partial charge in [-0.2, -0.15) is 0 Å². The average molecular weight is 314 g/mol. The van der Waals surface area contributed by atoms with Crippen LogP contribution >= 0.6 is 0 Å². The minimum Gasteiger partial charge on any atom is -0.495 e. The highest BCUT2D eigenvalue weighted by atomic mass is 16.5. The van der Waals surface area contributed by atoms with Crippen LogP contribution in [0.5, 0.6) is 11.5 Å². The van der Waals surface area contributed by atoms with Crippen LogP contribution in [0.1, 0.15) is 18.1 Å². The van der Waals surface area contributed by atoms with Crippen molar-refractivity contribution in [3.8, 4) is 11.5 Å². The number of carbonyl (C=O) groups excluding carboxylic acids is 1. The molecule has 0 bridgehead atoms. The van der Waals surface area contributed by atoms with Crippen molar-refractivity contribution in [3.05, 3.63) is 47.5 Å². The van der Waals surface area contributed by atoms with Crippen LogP contribution in [0.3, 0.4) is 0 Å². The molecular formula is C18H22N2O3. The van der Waals surface area contributed by atoms with Gasteiger partial charge in [-0.3, -0.25) is 4.79 Å². The lowest BCUT2D eigenvalue weighted by Crippen LogP contribution is -2.30. The molecule has 2 aromatic carbocycles. The molecule has 0 radical (unpaired) electrons. The summed E-state index contributed by atoms with van der Waals surface area (Å²) in [5, 5.41) is 2.79. The van der Waals surface area contributed by atoms with Crippen molar-refractivity contribution in [3.63, 3.8) is 0 Å². The summed E-state index contributed by atoms with van der Waals surface area (Å²) in [4.78, 5) is 12.4. The molecule has 0 aliphatic rings. The molecule has 5 nitrogen and oxygen atoms in total. The van der Waals surface area contributed by atoms with Crippen molar-refractivity contribution in [1.29, 1.82) is 0 Å². The maximum atomic E-state index is 12.4. The van der Waals surface area contributed by atoms with Gasteiger partial charge in [-0.05, 0) is 50.1 Å². The predicted molar refractivity (Wildman–Crippen MR) is 92.0 cm³/mol. The van der Waals surface area contributed by atoms with E-state index in [0.717, 1.165) is 16.9 Å². The predicted octanol–water partition coefficient (Wildman–Crippen LogP) is 3.30. The van der Waals surface area contributed by atoms with E-state index in [4.69, 9.17) is 15.2 Å². The SMILES string of the molecule is COc1ccc(N)cc1NC(=O)[C@H](C)Oc1c(C)cccc1C. The fraction of sp³-hybridized carbons (Fsp3) is 0.278. The molecule has 0 aliphatic heterocycles. The molecule has 0 spiro atoms. The maximum absolute atomic E-state index is 12.4. The van der Waals surface area contributed by atoms with E-state index in [0.29, 0.717) is 17.1 Å². The van der Waals surface area contributed by atoms with Crippen LogP contribution in [-0.4, -0.2) is 19.1 Å². The van der Waals surface area contributed by atoms with E-state index in [1.165, 1.54) is 7.11 Å². The molecule has 0 aromatic heterocycles. The highest BCUT2D eigenvalue weighted by Crippen LogP contribution is 2.27. The lowest BCUT2D eigenvalue weighted by molar-refractivity contribution is -0.122. The van der Waals surface area contributed by atoms with Crippen molar-refractivity contribution in [2.45, 2.75) is 26.9 Å². The minimum atomic E-state index is -0.652. The van der Waals surface area contributed by atoms with Crippen LogP contribution in [0.25, 0.3) is 0 Å². The van der Waals surface area contributed by atoms with E-state index in [1.54, 1.807) is 25.1 Å². The second kappa shape index (κ2) is 7.05. The third-order valence-electron chi connectivity index (χ3n) is 3.55. The maximum Gasteiger partial charge on any atom is 0.265 e. The highest BCUT2D eigenvalue weighted by Gasteiger charge is 2.18. The summed E-state index contributed by atoms with van der Waals surface area (Å²) in [6, 6.07) is 10.9. The lowest BCUT2D eigenvalue weighted by Gasteiger charge is -2.19. The van der Waals surface area contributed by atoms with E-state index in [9.17, 15) is 4.79 Å². The molecule has 2 rings (SSSR count).